The number of fused-ring (bicyclic) bond motifs is 2. The van der Waals surface area contributed by atoms with E-state index in [0.717, 1.165) is 5.75 Å². The van der Waals surface area contributed by atoms with E-state index in [1.54, 1.807) is 7.11 Å². The molecule has 2 heteroatoms. The smallest absolute Gasteiger partial charge is 0.118 e. The first-order valence-corrected chi connectivity index (χ1v) is 9.05. The molecule has 1 aliphatic heterocycles. The van der Waals surface area contributed by atoms with Crippen molar-refractivity contribution in [3.63, 3.8) is 0 Å². The molecule has 0 fully saturated rings. The minimum Gasteiger partial charge on any atom is -0.497 e. The summed E-state index contributed by atoms with van der Waals surface area (Å²) < 4.78 is 5.38. The highest BCUT2D eigenvalue weighted by atomic mass is 16.5. The molecule has 0 saturated carbocycles. The lowest BCUT2D eigenvalue weighted by Gasteiger charge is -2.43. The zero-order valence-corrected chi connectivity index (χ0v) is 16.1. The third kappa shape index (κ3) is 2.33. The molecule has 3 aromatic carbocycles. The van der Waals surface area contributed by atoms with Crippen LogP contribution in [0.25, 0.3) is 0 Å². The Hall–Kier alpha value is -2.74. The summed E-state index contributed by atoms with van der Waals surface area (Å²) in [5.41, 5.74) is 8.88. The molecule has 26 heavy (non-hydrogen) atoms. The van der Waals surface area contributed by atoms with Gasteiger partial charge in [0, 0.05) is 23.8 Å². The van der Waals surface area contributed by atoms with Gasteiger partial charge in [-0.05, 0) is 61.7 Å². The van der Waals surface area contributed by atoms with Gasteiger partial charge in [0.1, 0.15) is 5.75 Å². The molecule has 0 radical (unpaired) electrons. The van der Waals surface area contributed by atoms with E-state index in [2.05, 4.69) is 93.4 Å². The fourth-order valence-corrected chi connectivity index (χ4v) is 4.20. The van der Waals surface area contributed by atoms with Crippen LogP contribution in [-0.2, 0) is 5.41 Å². The fraction of sp³-hybridized carbons (Fsp3) is 0.250. The second kappa shape index (κ2) is 5.91. The van der Waals surface area contributed by atoms with Gasteiger partial charge in [-0.2, -0.15) is 0 Å². The highest BCUT2D eigenvalue weighted by Crippen LogP contribution is 2.52. The van der Waals surface area contributed by atoms with Gasteiger partial charge in [-0.15, -0.1) is 0 Å². The number of rotatable bonds is 2. The van der Waals surface area contributed by atoms with Crippen LogP contribution in [0, 0.1) is 13.8 Å². The van der Waals surface area contributed by atoms with E-state index >= 15 is 0 Å². The van der Waals surface area contributed by atoms with Crippen LogP contribution in [0.15, 0.2) is 60.7 Å². The molecule has 1 aliphatic rings. The molecule has 0 unspecified atom stereocenters. The average molecular weight is 343 g/mol. The molecule has 0 amide bonds. The second-order valence-electron chi connectivity index (χ2n) is 7.45. The summed E-state index contributed by atoms with van der Waals surface area (Å²) in [6, 6.07) is 22.1. The molecule has 0 bridgehead atoms. The monoisotopic (exact) mass is 343 g/mol. The van der Waals surface area contributed by atoms with Crippen LogP contribution in [0.4, 0.5) is 11.4 Å². The Bertz CT molecular complexity index is 919. The van der Waals surface area contributed by atoms with E-state index in [1.165, 1.54) is 39.2 Å². The SMILES string of the molecule is COc1ccc(C2(C)c3cc(C)ccc3N(C)c3ccc(C)cc32)cc1. The number of methoxy groups -OCH3 is 1. The van der Waals surface area contributed by atoms with Gasteiger partial charge in [-0.1, -0.05) is 47.5 Å². The largest absolute Gasteiger partial charge is 0.497 e. The molecule has 0 aromatic heterocycles. The maximum atomic E-state index is 5.38. The number of hydrogen-bond donors (Lipinski definition) is 0. The summed E-state index contributed by atoms with van der Waals surface area (Å²) in [6.07, 6.45) is 0. The quantitative estimate of drug-likeness (QED) is 0.587. The van der Waals surface area contributed by atoms with Gasteiger partial charge in [0.2, 0.25) is 0 Å². The highest BCUT2D eigenvalue weighted by Gasteiger charge is 2.40. The first-order chi connectivity index (χ1) is 12.4. The van der Waals surface area contributed by atoms with Crippen LogP contribution in [0.5, 0.6) is 5.75 Å². The molecular formula is C24H25NO. The van der Waals surface area contributed by atoms with Gasteiger partial charge in [0.15, 0.2) is 0 Å². The molecular weight excluding hydrogens is 318 g/mol. The van der Waals surface area contributed by atoms with Crippen LogP contribution >= 0.6 is 0 Å². The first kappa shape index (κ1) is 16.7. The first-order valence-electron chi connectivity index (χ1n) is 9.05. The lowest BCUT2D eigenvalue weighted by molar-refractivity contribution is 0.414. The fourth-order valence-electron chi connectivity index (χ4n) is 4.20. The topological polar surface area (TPSA) is 12.5 Å². The van der Waals surface area contributed by atoms with E-state index < -0.39 is 0 Å². The van der Waals surface area contributed by atoms with Crippen molar-refractivity contribution in [1.29, 1.82) is 0 Å². The number of anilines is 2. The number of hydrogen-bond acceptors (Lipinski definition) is 2. The molecule has 0 spiro atoms. The maximum Gasteiger partial charge on any atom is 0.118 e. The molecule has 1 heterocycles. The van der Waals surface area contributed by atoms with Gasteiger partial charge in [0.25, 0.3) is 0 Å². The van der Waals surface area contributed by atoms with Gasteiger partial charge in [0.05, 0.1) is 7.11 Å². The second-order valence-corrected chi connectivity index (χ2v) is 7.45. The van der Waals surface area contributed by atoms with Crippen LogP contribution in [-0.4, -0.2) is 14.2 Å². The molecule has 2 nitrogen and oxygen atoms in total. The van der Waals surface area contributed by atoms with Crippen molar-refractivity contribution in [2.24, 2.45) is 0 Å². The molecule has 132 valence electrons. The summed E-state index contributed by atoms with van der Waals surface area (Å²) in [4.78, 5) is 2.31. The molecule has 0 atom stereocenters. The Balaban J connectivity index is 2.05. The van der Waals surface area contributed by atoms with Crippen molar-refractivity contribution in [3.05, 3.63) is 88.5 Å². The minimum absolute atomic E-state index is 0.207. The van der Waals surface area contributed by atoms with Crippen molar-refractivity contribution < 1.29 is 4.74 Å². The Kier molecular flexibility index (Phi) is 3.80. The Labute approximate surface area is 156 Å². The average Bonchev–Trinajstić information content (AvgIpc) is 2.66. The van der Waals surface area contributed by atoms with E-state index in [1.807, 2.05) is 0 Å². The Morgan fingerprint density at radius 1 is 0.769 bits per heavy atom. The summed E-state index contributed by atoms with van der Waals surface area (Å²) in [6.45, 7) is 6.68. The van der Waals surface area contributed by atoms with E-state index in [0.29, 0.717) is 0 Å². The van der Waals surface area contributed by atoms with Crippen molar-refractivity contribution in [1.82, 2.24) is 0 Å². The van der Waals surface area contributed by atoms with Crippen molar-refractivity contribution in [3.8, 4) is 5.75 Å². The standard InChI is InChI=1S/C24H25NO/c1-16-6-12-22-20(14-16)24(3,18-8-10-19(26-5)11-9-18)21-15-17(2)7-13-23(21)25(22)4/h6-15H,1-5H3. The number of nitrogens with zero attached hydrogens (tertiary/aromatic N) is 1. The van der Waals surface area contributed by atoms with E-state index in [4.69, 9.17) is 4.74 Å². The molecule has 0 aliphatic carbocycles. The van der Waals surface area contributed by atoms with Crippen LogP contribution in [0.2, 0.25) is 0 Å². The molecule has 4 rings (SSSR count). The lowest BCUT2D eigenvalue weighted by Crippen LogP contribution is -2.34. The van der Waals surface area contributed by atoms with Crippen LogP contribution < -0.4 is 9.64 Å². The van der Waals surface area contributed by atoms with Gasteiger partial charge < -0.3 is 9.64 Å². The summed E-state index contributed by atoms with van der Waals surface area (Å²) in [5, 5.41) is 0. The van der Waals surface area contributed by atoms with Gasteiger partial charge in [-0.25, -0.2) is 0 Å². The Morgan fingerprint density at radius 2 is 1.27 bits per heavy atom. The minimum atomic E-state index is -0.207. The zero-order chi connectivity index (χ0) is 18.5. The number of ether oxygens (including phenoxy) is 1. The van der Waals surface area contributed by atoms with Crippen molar-refractivity contribution >= 4 is 11.4 Å². The lowest BCUT2D eigenvalue weighted by atomic mass is 9.67. The van der Waals surface area contributed by atoms with Crippen molar-refractivity contribution in [2.75, 3.05) is 19.1 Å². The van der Waals surface area contributed by atoms with Crippen molar-refractivity contribution in [2.45, 2.75) is 26.2 Å². The highest BCUT2D eigenvalue weighted by molar-refractivity contribution is 5.80. The molecule has 0 N–H and O–H groups in total. The number of benzene rings is 3. The Morgan fingerprint density at radius 3 is 1.73 bits per heavy atom. The number of aryl methyl sites for hydroxylation is 2. The maximum absolute atomic E-state index is 5.38. The van der Waals surface area contributed by atoms with E-state index in [-0.39, 0.29) is 5.41 Å². The van der Waals surface area contributed by atoms with Gasteiger partial charge in [-0.3, -0.25) is 0 Å². The molecule has 3 aromatic rings. The van der Waals surface area contributed by atoms with Gasteiger partial charge >= 0.3 is 0 Å². The summed E-state index contributed by atoms with van der Waals surface area (Å²) in [7, 11) is 3.87. The summed E-state index contributed by atoms with van der Waals surface area (Å²) in [5.74, 6) is 0.888. The van der Waals surface area contributed by atoms with Crippen LogP contribution in [0.3, 0.4) is 0 Å². The summed E-state index contributed by atoms with van der Waals surface area (Å²) >= 11 is 0. The molecule has 0 saturated heterocycles. The van der Waals surface area contributed by atoms with E-state index in [9.17, 15) is 0 Å². The predicted octanol–water partition coefficient (Wildman–Crippen LogP) is 5.75. The normalized spacial score (nSPS) is 14.6. The van der Waals surface area contributed by atoms with Crippen LogP contribution in [0.1, 0.15) is 34.7 Å². The zero-order valence-electron chi connectivity index (χ0n) is 16.1. The third-order valence-corrected chi connectivity index (χ3v) is 5.77. The third-order valence-electron chi connectivity index (χ3n) is 5.77. The predicted molar refractivity (Wildman–Crippen MR) is 109 cm³/mol.